The fourth-order valence-corrected chi connectivity index (χ4v) is 1.94. The lowest BCUT2D eigenvalue weighted by molar-refractivity contribution is -0.159. The van der Waals surface area contributed by atoms with Gasteiger partial charge in [-0.05, 0) is 13.8 Å². The van der Waals surface area contributed by atoms with Crippen LogP contribution < -0.4 is 0 Å². The van der Waals surface area contributed by atoms with E-state index in [-0.39, 0.29) is 26.4 Å². The lowest BCUT2D eigenvalue weighted by Gasteiger charge is -2.15. The third-order valence-electron chi connectivity index (χ3n) is 2.28. The normalized spacial score (nSPS) is 12.7. The van der Waals surface area contributed by atoms with Crippen molar-refractivity contribution in [2.45, 2.75) is 26.4 Å². The van der Waals surface area contributed by atoms with E-state index >= 15 is 0 Å². The summed E-state index contributed by atoms with van der Waals surface area (Å²) < 4.78 is 46.5. The van der Waals surface area contributed by atoms with Gasteiger partial charge >= 0.3 is 11.9 Å². The summed E-state index contributed by atoms with van der Waals surface area (Å²) in [6.45, 7) is 4.78. The van der Waals surface area contributed by atoms with Gasteiger partial charge < -0.3 is 18.9 Å². The zero-order valence-corrected chi connectivity index (χ0v) is 14.4. The first-order chi connectivity index (χ1) is 10.8. The monoisotopic (exact) mass is 356 g/mol. The predicted molar refractivity (Wildman–Crippen MR) is 79.2 cm³/mol. The Kier molecular flexibility index (Phi) is 11.6. The molecule has 0 aliphatic rings. The molecule has 1 atom stereocenters. The minimum Gasteiger partial charge on any atom is -0.463 e. The molecule has 136 valence electrons. The Balaban J connectivity index is 4.44. The highest BCUT2D eigenvalue weighted by Gasteiger charge is 2.29. The van der Waals surface area contributed by atoms with Crippen LogP contribution in [0.25, 0.3) is 0 Å². The smallest absolute Gasteiger partial charge is 0.337 e. The van der Waals surface area contributed by atoms with Crippen molar-refractivity contribution in [3.8, 4) is 0 Å². The van der Waals surface area contributed by atoms with Crippen molar-refractivity contribution in [2.75, 3.05) is 45.9 Å². The summed E-state index contributed by atoms with van der Waals surface area (Å²) in [4.78, 5) is 23.4. The molecule has 1 unspecified atom stereocenters. The van der Waals surface area contributed by atoms with Crippen LogP contribution in [0.4, 0.5) is 0 Å². The Morgan fingerprint density at radius 2 is 1.43 bits per heavy atom. The van der Waals surface area contributed by atoms with Gasteiger partial charge in [-0.2, -0.15) is 8.42 Å². The molecule has 0 bridgehead atoms. The molecule has 0 saturated carbocycles. The van der Waals surface area contributed by atoms with Crippen LogP contribution >= 0.6 is 0 Å². The van der Waals surface area contributed by atoms with Gasteiger partial charge in [0.15, 0.2) is 6.10 Å². The van der Waals surface area contributed by atoms with Crippen molar-refractivity contribution in [2.24, 2.45) is 0 Å². The first kappa shape index (κ1) is 21.8. The summed E-state index contributed by atoms with van der Waals surface area (Å²) in [6, 6.07) is 0. The van der Waals surface area contributed by atoms with Gasteiger partial charge in [-0.25, -0.2) is 4.79 Å². The number of hydrogen-bond donors (Lipinski definition) is 0. The van der Waals surface area contributed by atoms with Crippen LogP contribution in [0.1, 0.15) is 20.3 Å². The number of carbonyl (C=O) groups is 2. The summed E-state index contributed by atoms with van der Waals surface area (Å²) in [6.07, 6.45) is -1.40. The van der Waals surface area contributed by atoms with Crippen LogP contribution in [0.15, 0.2) is 0 Å². The quantitative estimate of drug-likeness (QED) is 0.253. The number of rotatable bonds is 13. The van der Waals surface area contributed by atoms with E-state index in [0.29, 0.717) is 13.2 Å². The summed E-state index contributed by atoms with van der Waals surface area (Å²) in [7, 11) is -3.94. The van der Waals surface area contributed by atoms with Gasteiger partial charge in [0.2, 0.25) is 0 Å². The summed E-state index contributed by atoms with van der Waals surface area (Å²) in [5.41, 5.74) is 0. The van der Waals surface area contributed by atoms with Crippen molar-refractivity contribution in [1.29, 1.82) is 0 Å². The van der Waals surface area contributed by atoms with E-state index < -0.39 is 34.6 Å². The van der Waals surface area contributed by atoms with Crippen molar-refractivity contribution in [3.05, 3.63) is 0 Å². The third kappa shape index (κ3) is 13.0. The van der Waals surface area contributed by atoms with Gasteiger partial charge in [0.25, 0.3) is 10.1 Å². The maximum atomic E-state index is 11.8. The fraction of sp³-hybridized carbons (Fsp3) is 0.846. The molecule has 0 heterocycles. The van der Waals surface area contributed by atoms with E-state index in [1.165, 1.54) is 0 Å². The SMILES string of the molecule is CCOCCOC(=O)CC(OS(C)(=O)=O)C(=O)OCCOCC. The van der Waals surface area contributed by atoms with Crippen molar-refractivity contribution in [1.82, 2.24) is 0 Å². The van der Waals surface area contributed by atoms with E-state index in [4.69, 9.17) is 18.9 Å². The minimum absolute atomic E-state index is 0.00233. The molecule has 0 amide bonds. The van der Waals surface area contributed by atoms with Crippen LogP contribution in [-0.4, -0.2) is 72.4 Å². The second kappa shape index (κ2) is 12.2. The summed E-state index contributed by atoms with van der Waals surface area (Å²) in [5.74, 6) is -1.77. The van der Waals surface area contributed by atoms with Gasteiger partial charge in [-0.15, -0.1) is 0 Å². The molecule has 0 saturated heterocycles. The molecule has 0 aromatic carbocycles. The lowest BCUT2D eigenvalue weighted by atomic mass is 10.2. The predicted octanol–water partition coefficient (Wildman–Crippen LogP) is -0.119. The van der Waals surface area contributed by atoms with Gasteiger partial charge in [-0.3, -0.25) is 8.98 Å². The Labute approximate surface area is 136 Å². The first-order valence-corrected chi connectivity index (χ1v) is 8.97. The van der Waals surface area contributed by atoms with Crippen LogP contribution in [0.3, 0.4) is 0 Å². The van der Waals surface area contributed by atoms with Gasteiger partial charge in [0.05, 0.1) is 25.9 Å². The number of carbonyl (C=O) groups excluding carboxylic acids is 2. The highest BCUT2D eigenvalue weighted by Crippen LogP contribution is 2.07. The third-order valence-corrected chi connectivity index (χ3v) is 2.86. The maximum Gasteiger partial charge on any atom is 0.337 e. The van der Waals surface area contributed by atoms with Crippen LogP contribution in [0, 0.1) is 0 Å². The molecular formula is C13H24O9S. The molecule has 0 aliphatic carbocycles. The van der Waals surface area contributed by atoms with Gasteiger partial charge in [0.1, 0.15) is 13.2 Å². The van der Waals surface area contributed by atoms with E-state index in [1.807, 2.05) is 0 Å². The average molecular weight is 356 g/mol. The molecule has 0 aromatic rings. The highest BCUT2D eigenvalue weighted by molar-refractivity contribution is 7.86. The number of hydrogen-bond acceptors (Lipinski definition) is 9. The second-order valence-electron chi connectivity index (χ2n) is 4.27. The molecule has 0 fully saturated rings. The van der Waals surface area contributed by atoms with Gasteiger partial charge in [0, 0.05) is 13.2 Å². The van der Waals surface area contributed by atoms with Crippen molar-refractivity contribution >= 4 is 22.1 Å². The van der Waals surface area contributed by atoms with E-state index in [0.717, 1.165) is 6.26 Å². The number of esters is 2. The molecule has 23 heavy (non-hydrogen) atoms. The minimum atomic E-state index is -3.94. The first-order valence-electron chi connectivity index (χ1n) is 7.16. The fourth-order valence-electron chi connectivity index (χ4n) is 1.38. The van der Waals surface area contributed by atoms with Crippen molar-refractivity contribution in [3.63, 3.8) is 0 Å². The molecule has 0 rings (SSSR count). The molecule has 0 radical (unpaired) electrons. The lowest BCUT2D eigenvalue weighted by Crippen LogP contribution is -2.32. The summed E-state index contributed by atoms with van der Waals surface area (Å²) >= 11 is 0. The van der Waals surface area contributed by atoms with Crippen LogP contribution in [0.2, 0.25) is 0 Å². The van der Waals surface area contributed by atoms with Crippen LogP contribution in [0.5, 0.6) is 0 Å². The molecule has 0 N–H and O–H groups in total. The standard InChI is InChI=1S/C13H24O9S/c1-4-18-6-8-20-12(14)10-11(22-23(3,16)17)13(15)21-9-7-19-5-2/h11H,4-10H2,1-3H3. The zero-order chi connectivity index (χ0) is 17.7. The molecular weight excluding hydrogens is 332 g/mol. The topological polar surface area (TPSA) is 114 Å². The molecule has 9 nitrogen and oxygen atoms in total. The average Bonchev–Trinajstić information content (AvgIpc) is 2.46. The summed E-state index contributed by atoms with van der Waals surface area (Å²) in [5, 5.41) is 0. The van der Waals surface area contributed by atoms with E-state index in [2.05, 4.69) is 4.18 Å². The molecule has 0 aromatic heterocycles. The van der Waals surface area contributed by atoms with Crippen LogP contribution in [-0.2, 0) is 42.8 Å². The van der Waals surface area contributed by atoms with E-state index in [9.17, 15) is 18.0 Å². The van der Waals surface area contributed by atoms with E-state index in [1.54, 1.807) is 13.8 Å². The largest absolute Gasteiger partial charge is 0.463 e. The molecule has 0 aliphatic heterocycles. The Morgan fingerprint density at radius 1 is 0.913 bits per heavy atom. The Bertz CT molecular complexity index is 446. The Hall–Kier alpha value is -1.23. The zero-order valence-electron chi connectivity index (χ0n) is 13.6. The number of ether oxygens (including phenoxy) is 4. The maximum absolute atomic E-state index is 11.8. The molecule has 0 spiro atoms. The van der Waals surface area contributed by atoms with Gasteiger partial charge in [-0.1, -0.05) is 0 Å². The Morgan fingerprint density at radius 3 is 1.91 bits per heavy atom. The highest BCUT2D eigenvalue weighted by atomic mass is 32.2. The van der Waals surface area contributed by atoms with Crippen molar-refractivity contribution < 1.29 is 41.1 Å². The second-order valence-corrected chi connectivity index (χ2v) is 5.88. The molecule has 10 heteroatoms.